The van der Waals surface area contributed by atoms with E-state index < -0.39 is 0 Å². The number of carbonyl (C=O) groups excluding carboxylic acids is 1. The monoisotopic (exact) mass is 309 g/mol. The van der Waals surface area contributed by atoms with Crippen LogP contribution in [0.1, 0.15) is 5.56 Å². The second-order valence-corrected chi connectivity index (χ2v) is 5.05. The molecule has 1 rings (SSSR count). The number of hydrogen-bond acceptors (Lipinski definition) is 3. The van der Waals surface area contributed by atoms with Crippen molar-refractivity contribution in [2.24, 2.45) is 0 Å². The van der Waals surface area contributed by atoms with E-state index in [1.807, 2.05) is 18.2 Å². The van der Waals surface area contributed by atoms with Crippen molar-refractivity contribution in [3.63, 3.8) is 0 Å². The van der Waals surface area contributed by atoms with Crippen LogP contribution in [0.5, 0.6) is 0 Å². The molecule has 0 unspecified atom stereocenters. The SMILES string of the molecule is COCCNC(=O)CN(C)C(=S)NCCc1ccccc1. The quantitative estimate of drug-likeness (QED) is 0.549. The molecular formula is C15H23N3O2S. The first-order valence-electron chi connectivity index (χ1n) is 6.92. The van der Waals surface area contributed by atoms with Crippen LogP contribution in [0, 0.1) is 0 Å². The molecule has 6 heteroatoms. The van der Waals surface area contributed by atoms with Crippen LogP contribution >= 0.6 is 12.2 Å². The Bertz CT molecular complexity index is 440. The van der Waals surface area contributed by atoms with Crippen molar-refractivity contribution >= 4 is 23.2 Å². The normalized spacial score (nSPS) is 10.0. The number of thiocarbonyl (C=S) groups is 1. The van der Waals surface area contributed by atoms with Crippen LogP contribution < -0.4 is 10.6 Å². The smallest absolute Gasteiger partial charge is 0.239 e. The number of amides is 1. The van der Waals surface area contributed by atoms with Gasteiger partial charge in [-0.25, -0.2) is 0 Å². The summed E-state index contributed by atoms with van der Waals surface area (Å²) in [5.74, 6) is -0.0678. The molecule has 0 aromatic heterocycles. The molecule has 0 bridgehead atoms. The van der Waals surface area contributed by atoms with E-state index >= 15 is 0 Å². The Morgan fingerprint density at radius 2 is 1.95 bits per heavy atom. The number of hydrogen-bond donors (Lipinski definition) is 2. The Hall–Kier alpha value is -1.66. The van der Waals surface area contributed by atoms with Gasteiger partial charge in [0, 0.05) is 27.2 Å². The lowest BCUT2D eigenvalue weighted by Crippen LogP contribution is -2.44. The van der Waals surface area contributed by atoms with Gasteiger partial charge in [-0.2, -0.15) is 0 Å². The van der Waals surface area contributed by atoms with Crippen molar-refractivity contribution in [1.82, 2.24) is 15.5 Å². The summed E-state index contributed by atoms with van der Waals surface area (Å²) in [6.45, 7) is 2.01. The highest BCUT2D eigenvalue weighted by molar-refractivity contribution is 7.80. The van der Waals surface area contributed by atoms with Crippen LogP contribution in [0.15, 0.2) is 30.3 Å². The third kappa shape index (κ3) is 7.63. The summed E-state index contributed by atoms with van der Waals surface area (Å²) in [4.78, 5) is 13.4. The van der Waals surface area contributed by atoms with Gasteiger partial charge >= 0.3 is 0 Å². The van der Waals surface area contributed by atoms with Gasteiger partial charge in [0.1, 0.15) is 0 Å². The number of nitrogens with zero attached hydrogens (tertiary/aromatic N) is 1. The van der Waals surface area contributed by atoms with Crippen LogP contribution in [0.4, 0.5) is 0 Å². The molecule has 1 aromatic rings. The van der Waals surface area contributed by atoms with Crippen molar-refractivity contribution in [3.05, 3.63) is 35.9 Å². The van der Waals surface area contributed by atoms with Crippen molar-refractivity contribution in [2.75, 3.05) is 40.4 Å². The fourth-order valence-electron chi connectivity index (χ4n) is 1.73. The van der Waals surface area contributed by atoms with Crippen molar-refractivity contribution in [3.8, 4) is 0 Å². The van der Waals surface area contributed by atoms with E-state index in [2.05, 4.69) is 22.8 Å². The van der Waals surface area contributed by atoms with Crippen molar-refractivity contribution in [2.45, 2.75) is 6.42 Å². The Morgan fingerprint density at radius 1 is 1.24 bits per heavy atom. The lowest BCUT2D eigenvalue weighted by Gasteiger charge is -2.20. The Kier molecular flexibility index (Phi) is 8.38. The average Bonchev–Trinajstić information content (AvgIpc) is 2.48. The topological polar surface area (TPSA) is 53.6 Å². The predicted octanol–water partition coefficient (Wildman–Crippen LogP) is 0.798. The maximum Gasteiger partial charge on any atom is 0.239 e. The number of carbonyl (C=O) groups is 1. The van der Waals surface area contributed by atoms with E-state index in [9.17, 15) is 4.79 Å². The maximum absolute atomic E-state index is 11.6. The van der Waals surface area contributed by atoms with Crippen LogP contribution in [-0.4, -0.2) is 56.3 Å². The zero-order chi connectivity index (χ0) is 15.5. The lowest BCUT2D eigenvalue weighted by atomic mass is 10.1. The van der Waals surface area contributed by atoms with Crippen LogP contribution in [0.3, 0.4) is 0 Å². The molecule has 2 N–H and O–H groups in total. The molecule has 21 heavy (non-hydrogen) atoms. The summed E-state index contributed by atoms with van der Waals surface area (Å²) in [6.07, 6.45) is 0.898. The molecule has 116 valence electrons. The zero-order valence-corrected chi connectivity index (χ0v) is 13.4. The third-order valence-electron chi connectivity index (χ3n) is 2.89. The number of ether oxygens (including phenoxy) is 1. The fourth-order valence-corrected chi connectivity index (χ4v) is 1.90. The first-order valence-corrected chi connectivity index (χ1v) is 7.33. The van der Waals surface area contributed by atoms with Crippen LogP contribution in [0.2, 0.25) is 0 Å². The highest BCUT2D eigenvalue weighted by atomic mass is 32.1. The summed E-state index contributed by atoms with van der Waals surface area (Å²) in [5, 5.41) is 6.49. The summed E-state index contributed by atoms with van der Waals surface area (Å²) < 4.78 is 4.87. The van der Waals surface area contributed by atoms with Gasteiger partial charge in [0.25, 0.3) is 0 Å². The molecule has 0 atom stereocenters. The molecule has 1 aromatic carbocycles. The molecule has 5 nitrogen and oxygen atoms in total. The predicted molar refractivity (Wildman–Crippen MR) is 88.3 cm³/mol. The highest BCUT2D eigenvalue weighted by Crippen LogP contribution is 1.98. The van der Waals surface area contributed by atoms with E-state index in [0.717, 1.165) is 13.0 Å². The van der Waals surface area contributed by atoms with Gasteiger partial charge < -0.3 is 20.3 Å². The Balaban J connectivity index is 2.20. The van der Waals surface area contributed by atoms with Gasteiger partial charge in [0.05, 0.1) is 13.2 Å². The molecule has 0 radical (unpaired) electrons. The Labute approximate surface area is 131 Å². The van der Waals surface area contributed by atoms with E-state index in [1.165, 1.54) is 5.56 Å². The number of methoxy groups -OCH3 is 1. The first kappa shape index (κ1) is 17.4. The van der Waals surface area contributed by atoms with Crippen molar-refractivity contribution in [1.29, 1.82) is 0 Å². The molecule has 0 spiro atoms. The summed E-state index contributed by atoms with van der Waals surface area (Å²) >= 11 is 5.26. The highest BCUT2D eigenvalue weighted by Gasteiger charge is 2.08. The maximum atomic E-state index is 11.6. The first-order chi connectivity index (χ1) is 10.1. The standard InChI is InChI=1S/C15H23N3O2S/c1-18(12-14(19)16-10-11-20-2)15(21)17-9-8-13-6-4-3-5-7-13/h3-7H,8-12H2,1-2H3,(H,16,19)(H,17,21). The second-order valence-electron chi connectivity index (χ2n) is 4.67. The summed E-state index contributed by atoms with van der Waals surface area (Å²) in [7, 11) is 3.40. The summed E-state index contributed by atoms with van der Waals surface area (Å²) in [6, 6.07) is 10.2. The number of nitrogens with one attached hydrogen (secondary N) is 2. The van der Waals surface area contributed by atoms with E-state index in [-0.39, 0.29) is 12.5 Å². The number of rotatable bonds is 8. The van der Waals surface area contributed by atoms with E-state index in [4.69, 9.17) is 17.0 Å². The van der Waals surface area contributed by atoms with Gasteiger partial charge in [-0.1, -0.05) is 30.3 Å². The average molecular weight is 309 g/mol. The third-order valence-corrected chi connectivity index (χ3v) is 3.34. The molecule has 0 saturated heterocycles. The van der Waals surface area contributed by atoms with Crippen LogP contribution in [0.25, 0.3) is 0 Å². The van der Waals surface area contributed by atoms with Gasteiger partial charge in [-0.05, 0) is 24.2 Å². The fraction of sp³-hybridized carbons (Fsp3) is 0.467. The molecule has 0 heterocycles. The van der Waals surface area contributed by atoms with Gasteiger partial charge in [0.2, 0.25) is 5.91 Å². The van der Waals surface area contributed by atoms with Gasteiger partial charge in [0.15, 0.2) is 5.11 Å². The molecule has 0 fully saturated rings. The van der Waals surface area contributed by atoms with Crippen LogP contribution in [-0.2, 0) is 16.0 Å². The molecule has 1 amide bonds. The van der Waals surface area contributed by atoms with E-state index in [0.29, 0.717) is 18.3 Å². The minimum atomic E-state index is -0.0678. The number of benzene rings is 1. The second kappa shape index (κ2) is 10.1. The minimum Gasteiger partial charge on any atom is -0.383 e. The lowest BCUT2D eigenvalue weighted by molar-refractivity contribution is -0.121. The van der Waals surface area contributed by atoms with Gasteiger partial charge in [-0.3, -0.25) is 4.79 Å². The number of likely N-dealkylation sites (N-methyl/N-ethyl adjacent to an activating group) is 1. The molecule has 0 aliphatic carbocycles. The van der Waals surface area contributed by atoms with E-state index in [1.54, 1.807) is 19.1 Å². The Morgan fingerprint density at radius 3 is 2.62 bits per heavy atom. The van der Waals surface area contributed by atoms with Crippen molar-refractivity contribution < 1.29 is 9.53 Å². The molecule has 0 aliphatic rings. The zero-order valence-electron chi connectivity index (χ0n) is 12.6. The van der Waals surface area contributed by atoms with Gasteiger partial charge in [-0.15, -0.1) is 0 Å². The molecule has 0 aliphatic heterocycles. The minimum absolute atomic E-state index is 0.0678. The molecule has 0 saturated carbocycles. The summed E-state index contributed by atoms with van der Waals surface area (Å²) in [5.41, 5.74) is 1.26. The molecular weight excluding hydrogens is 286 g/mol. The largest absolute Gasteiger partial charge is 0.383 e.